The molecule has 2 fully saturated rings. The number of piperidine rings is 1. The van der Waals surface area contributed by atoms with Crippen molar-refractivity contribution in [2.45, 2.75) is 126 Å². The fourth-order valence-corrected chi connectivity index (χ4v) is 10.9. The van der Waals surface area contributed by atoms with Crippen molar-refractivity contribution in [3.8, 4) is 10.4 Å². The van der Waals surface area contributed by atoms with Gasteiger partial charge in [0.05, 0.1) is 65.0 Å². The lowest BCUT2D eigenvalue weighted by Crippen LogP contribution is -2.58. The Balaban J connectivity index is 0.764. The van der Waals surface area contributed by atoms with Crippen molar-refractivity contribution < 1.29 is 38.6 Å². The van der Waals surface area contributed by atoms with Crippen molar-refractivity contribution in [2.75, 3.05) is 68.1 Å². The summed E-state index contributed by atoms with van der Waals surface area (Å²) in [6, 6.07) is 9.27. The lowest BCUT2D eigenvalue weighted by Gasteiger charge is -2.37. The second-order valence-electron chi connectivity index (χ2n) is 20.2. The van der Waals surface area contributed by atoms with Gasteiger partial charge in [-0.15, -0.1) is 11.3 Å². The molecule has 0 spiro atoms. The van der Waals surface area contributed by atoms with Crippen LogP contribution in [0.4, 0.5) is 17.3 Å². The third-order valence-electron chi connectivity index (χ3n) is 13.1. The highest BCUT2D eigenvalue weighted by Gasteiger charge is 2.45. The first-order chi connectivity index (χ1) is 34.8. The monoisotopic (exact) mass is 1060 g/mol. The predicted molar refractivity (Wildman–Crippen MR) is 282 cm³/mol. The molecule has 22 heteroatoms. The van der Waals surface area contributed by atoms with E-state index in [9.17, 15) is 29.1 Å². The Morgan fingerprint density at radius 1 is 0.986 bits per heavy atom. The number of nitrogens with two attached hydrogens (primary N) is 1. The standard InChI is InChI=1S/C51H68ClN11O8S2/c1-30(32-10-12-33(13-11-32)43-31(2)57-29-72-43)58-47(68)37-24-35(64)27-63(37)49(69)45(50(3,4)5)61-41(67)28-71-23-22-70-21-18-54-39(65)8-7-9-40(66)59-36-15-14-34-25-55-46-48(73-44(34)42(36)52)56-26-38(60-46)62-19-16-51(6,53)17-20-62/h10-15,26,29-30,35,37,45,64H,7-9,16-25,27-28,53H2,1-6H3,(H,54,65)(H,55,60)(H,58,68)(H,59,66)(H,61,67)/t30-,35+,37-,45+/m0/s1. The zero-order valence-electron chi connectivity index (χ0n) is 42.3. The van der Waals surface area contributed by atoms with Gasteiger partial charge in [-0.25, -0.2) is 15.0 Å². The van der Waals surface area contributed by atoms with Gasteiger partial charge in [-0.2, -0.15) is 0 Å². The van der Waals surface area contributed by atoms with Gasteiger partial charge in [0.1, 0.15) is 29.5 Å². The highest BCUT2D eigenvalue weighted by atomic mass is 35.5. The molecule has 3 aliphatic rings. The molecule has 2 aromatic carbocycles. The van der Waals surface area contributed by atoms with Crippen LogP contribution >= 0.6 is 34.7 Å². The number of carbonyl (C=O) groups excluding carboxylic acids is 5. The topological polar surface area (TPSA) is 255 Å². The summed E-state index contributed by atoms with van der Waals surface area (Å²) >= 11 is 9.82. The molecule has 0 radical (unpaired) electrons. The fourth-order valence-electron chi connectivity index (χ4n) is 8.75. The molecule has 2 saturated heterocycles. The highest BCUT2D eigenvalue weighted by molar-refractivity contribution is 7.99. The van der Waals surface area contributed by atoms with Gasteiger partial charge in [-0.3, -0.25) is 24.0 Å². The van der Waals surface area contributed by atoms with Gasteiger partial charge in [0.2, 0.25) is 29.5 Å². The molecule has 2 aromatic heterocycles. The van der Waals surface area contributed by atoms with Crippen molar-refractivity contribution >= 4 is 81.6 Å². The summed E-state index contributed by atoms with van der Waals surface area (Å²) in [5.74, 6) is -0.415. The van der Waals surface area contributed by atoms with E-state index in [1.807, 2.05) is 65.0 Å². The summed E-state index contributed by atoms with van der Waals surface area (Å²) in [4.78, 5) is 85.4. The molecule has 5 amide bonds. The fraction of sp³-hybridized carbons (Fsp3) is 0.529. The van der Waals surface area contributed by atoms with E-state index in [1.165, 1.54) is 16.7 Å². The van der Waals surface area contributed by atoms with Crippen LogP contribution in [-0.4, -0.2) is 131 Å². The van der Waals surface area contributed by atoms with E-state index in [4.69, 9.17) is 36.8 Å². The average Bonchev–Trinajstić information content (AvgIpc) is 3.91. The van der Waals surface area contributed by atoms with Crippen molar-refractivity contribution in [2.24, 2.45) is 11.1 Å². The van der Waals surface area contributed by atoms with Gasteiger partial charge >= 0.3 is 0 Å². The third kappa shape index (κ3) is 14.9. The molecule has 394 valence electrons. The predicted octanol–water partition coefficient (Wildman–Crippen LogP) is 5.58. The molecule has 7 rings (SSSR count). The minimum absolute atomic E-state index is 0.0448. The first kappa shape index (κ1) is 55.3. The summed E-state index contributed by atoms with van der Waals surface area (Å²) in [6.07, 6.45) is 3.27. The molecule has 4 aromatic rings. The Bertz CT molecular complexity index is 2600. The lowest BCUT2D eigenvalue weighted by molar-refractivity contribution is -0.144. The van der Waals surface area contributed by atoms with Crippen LogP contribution in [0.25, 0.3) is 10.4 Å². The number of halogens is 1. The number of aryl methyl sites for hydroxylation is 1. The van der Waals surface area contributed by atoms with Crippen LogP contribution in [0.3, 0.4) is 0 Å². The average molecular weight is 1060 g/mol. The highest BCUT2D eigenvalue weighted by Crippen LogP contribution is 2.44. The van der Waals surface area contributed by atoms with Gasteiger partial charge in [0.25, 0.3) is 0 Å². The Morgan fingerprint density at radius 2 is 1.71 bits per heavy atom. The maximum absolute atomic E-state index is 14.0. The van der Waals surface area contributed by atoms with E-state index >= 15 is 0 Å². The summed E-state index contributed by atoms with van der Waals surface area (Å²) in [5.41, 5.74) is 11.5. The molecular formula is C51H68ClN11O8S2. The van der Waals surface area contributed by atoms with E-state index in [-0.39, 0.29) is 82.2 Å². The summed E-state index contributed by atoms with van der Waals surface area (Å²) < 4.78 is 11.1. The number of nitrogens with one attached hydrogen (secondary N) is 5. The normalized spacial score (nSPS) is 18.1. The number of ether oxygens (including phenoxy) is 2. The van der Waals surface area contributed by atoms with E-state index in [1.54, 1.807) is 29.1 Å². The molecule has 0 saturated carbocycles. The van der Waals surface area contributed by atoms with Crippen molar-refractivity contribution in [3.63, 3.8) is 0 Å². The van der Waals surface area contributed by atoms with E-state index in [0.29, 0.717) is 34.5 Å². The van der Waals surface area contributed by atoms with Crippen LogP contribution in [0.5, 0.6) is 0 Å². The van der Waals surface area contributed by atoms with Crippen LogP contribution in [0.2, 0.25) is 5.02 Å². The van der Waals surface area contributed by atoms with E-state index in [2.05, 4.69) is 43.4 Å². The Kier molecular flexibility index (Phi) is 18.8. The molecule has 0 bridgehead atoms. The quantitative estimate of drug-likeness (QED) is 0.0533. The largest absolute Gasteiger partial charge is 0.391 e. The number of fused-ring (bicyclic) bond motifs is 2. The second-order valence-corrected chi connectivity index (χ2v) is 22.4. The van der Waals surface area contributed by atoms with Crippen molar-refractivity contribution in [1.29, 1.82) is 0 Å². The third-order valence-corrected chi connectivity index (χ3v) is 15.7. The number of aliphatic hydroxyl groups is 1. The molecule has 73 heavy (non-hydrogen) atoms. The number of aromatic nitrogens is 3. The number of hydrogen-bond donors (Lipinski definition) is 7. The van der Waals surface area contributed by atoms with E-state index in [0.717, 1.165) is 63.9 Å². The van der Waals surface area contributed by atoms with Crippen LogP contribution < -0.4 is 37.2 Å². The zero-order valence-corrected chi connectivity index (χ0v) is 44.7. The number of nitrogens with zero attached hydrogens (tertiary/aromatic N) is 5. The van der Waals surface area contributed by atoms with Gasteiger partial charge in [0.15, 0.2) is 5.82 Å². The summed E-state index contributed by atoms with van der Waals surface area (Å²) in [7, 11) is 0. The van der Waals surface area contributed by atoms with Gasteiger partial charge in [-0.1, -0.05) is 74.5 Å². The number of carbonyl (C=O) groups is 5. The molecule has 0 aliphatic carbocycles. The number of rotatable bonds is 20. The Hall–Kier alpha value is -5.42. The van der Waals surface area contributed by atoms with Crippen LogP contribution in [0.1, 0.15) is 96.0 Å². The number of β-amino-alcohol motifs (C(OH)–C–C–N with tert-alkyl or cyclic N) is 1. The SMILES string of the molecule is Cc1ncsc1-c1ccc([C@H](C)NC(=O)[C@@H]2C[C@@H](O)CN2C(=O)[C@@H](NC(=O)COCCOCCNC(=O)CCCC(=O)Nc2ccc3c(c2Cl)Sc2ncc(N4CCC(C)(N)CC4)nc2NC3)C(C)(C)C)cc1. The maximum atomic E-state index is 14.0. The zero-order chi connectivity index (χ0) is 52.5. The van der Waals surface area contributed by atoms with E-state index < -0.39 is 41.3 Å². The lowest BCUT2D eigenvalue weighted by atomic mass is 9.85. The summed E-state index contributed by atoms with van der Waals surface area (Å²) in [6.45, 7) is 13.7. The number of benzene rings is 2. The first-order valence-corrected chi connectivity index (χ1v) is 26.8. The molecule has 5 heterocycles. The van der Waals surface area contributed by atoms with Crippen LogP contribution in [0, 0.1) is 12.3 Å². The molecule has 19 nitrogen and oxygen atoms in total. The molecule has 8 N–H and O–H groups in total. The Morgan fingerprint density at radius 3 is 2.42 bits per heavy atom. The van der Waals surface area contributed by atoms with Crippen molar-refractivity contribution in [1.82, 2.24) is 35.8 Å². The number of amides is 5. The number of hydrogen-bond acceptors (Lipinski definition) is 16. The molecule has 3 aliphatic heterocycles. The van der Waals surface area contributed by atoms with Gasteiger partial charge in [-0.05, 0) is 68.2 Å². The molecule has 0 unspecified atom stereocenters. The first-order valence-electron chi connectivity index (χ1n) is 24.7. The smallest absolute Gasteiger partial charge is 0.246 e. The minimum Gasteiger partial charge on any atom is -0.391 e. The summed E-state index contributed by atoms with van der Waals surface area (Å²) in [5, 5.41) is 26.6. The number of likely N-dealkylation sites (tertiary alicyclic amines) is 1. The second kappa shape index (κ2) is 24.7. The number of aliphatic hydroxyl groups excluding tert-OH is 1. The number of anilines is 3. The Labute approximate surface area is 439 Å². The van der Waals surface area contributed by atoms with Crippen LogP contribution in [-0.2, 0) is 40.0 Å². The maximum Gasteiger partial charge on any atom is 0.246 e. The van der Waals surface area contributed by atoms with Gasteiger partial charge < -0.3 is 56.7 Å². The van der Waals surface area contributed by atoms with Crippen LogP contribution in [0.15, 0.2) is 58.0 Å². The molecule has 4 atom stereocenters. The molecular weight excluding hydrogens is 994 g/mol. The van der Waals surface area contributed by atoms with Gasteiger partial charge in [0, 0.05) is 62.4 Å². The minimum atomic E-state index is -1.01. The number of thiazole rings is 1. The van der Waals surface area contributed by atoms with Crippen molar-refractivity contribution in [3.05, 3.63) is 69.9 Å².